The summed E-state index contributed by atoms with van der Waals surface area (Å²) in [6.07, 6.45) is 1.19. The van der Waals surface area contributed by atoms with Crippen LogP contribution in [0.2, 0.25) is 0 Å². The maximum absolute atomic E-state index is 13.5. The van der Waals surface area contributed by atoms with E-state index >= 15 is 0 Å². The van der Waals surface area contributed by atoms with Crippen LogP contribution in [-0.4, -0.2) is 60.1 Å². The van der Waals surface area contributed by atoms with Gasteiger partial charge in [-0.2, -0.15) is 0 Å². The van der Waals surface area contributed by atoms with Crippen LogP contribution in [0.3, 0.4) is 0 Å². The summed E-state index contributed by atoms with van der Waals surface area (Å²) in [6.45, 7) is 6.63. The molecule has 12 heteroatoms. The van der Waals surface area contributed by atoms with E-state index in [1.807, 2.05) is 44.2 Å². The number of fused-ring (bicyclic) bond motifs is 1. The first-order valence-corrected chi connectivity index (χ1v) is 18.2. The number of nitrogens with one attached hydrogen (secondary N) is 3. The lowest BCUT2D eigenvalue weighted by Gasteiger charge is -2.26. The van der Waals surface area contributed by atoms with E-state index in [1.54, 1.807) is 60.7 Å². The van der Waals surface area contributed by atoms with Crippen molar-refractivity contribution in [1.82, 2.24) is 4.90 Å². The summed E-state index contributed by atoms with van der Waals surface area (Å²) in [4.78, 5) is 15.6. The molecule has 4 aromatic carbocycles. The molecule has 3 N–H and O–H groups in total. The summed E-state index contributed by atoms with van der Waals surface area (Å²) in [5.74, 6) is -0.386. The Hall–Kier alpha value is -4.65. The number of rotatable bonds is 13. The molecule has 1 amide bonds. The van der Waals surface area contributed by atoms with Gasteiger partial charge in [0.25, 0.3) is 15.9 Å². The summed E-state index contributed by atoms with van der Waals surface area (Å²) in [7, 11) is -7.48. The van der Waals surface area contributed by atoms with Gasteiger partial charge in [0.15, 0.2) is 0 Å². The molecule has 240 valence electrons. The first-order valence-electron chi connectivity index (χ1n) is 14.9. The molecule has 0 atom stereocenters. The Morgan fingerprint density at radius 2 is 1.39 bits per heavy atom. The Morgan fingerprint density at radius 1 is 0.761 bits per heavy atom. The standard InChI is InChI=1S/C34H37N5O5S2/c1-4-38(5-2)22-23-39(45(3,41)42)28-18-16-26(17-19-28)35-33(25-12-8-6-9-13-25)32-30-24-29(20-21-31(30)36-34(32)40)46(43,44)37-27-14-10-7-11-15-27/h6-21,24,35,37H,4-5,22-23H2,1-3H3,(H,36,40)/b33-32-. The van der Waals surface area contributed by atoms with Crippen LogP contribution >= 0.6 is 0 Å². The van der Waals surface area contributed by atoms with Gasteiger partial charge in [-0.05, 0) is 73.3 Å². The van der Waals surface area contributed by atoms with E-state index in [1.165, 1.54) is 22.7 Å². The van der Waals surface area contributed by atoms with Crippen molar-refractivity contribution >= 4 is 60.0 Å². The van der Waals surface area contributed by atoms with E-state index < -0.39 is 20.0 Å². The van der Waals surface area contributed by atoms with Crippen LogP contribution in [0.5, 0.6) is 0 Å². The van der Waals surface area contributed by atoms with E-state index in [4.69, 9.17) is 0 Å². The predicted molar refractivity (Wildman–Crippen MR) is 186 cm³/mol. The van der Waals surface area contributed by atoms with Gasteiger partial charge in [-0.1, -0.05) is 62.4 Å². The Bertz CT molecular complexity index is 1940. The number of carbonyl (C=O) groups is 1. The minimum Gasteiger partial charge on any atom is -0.354 e. The van der Waals surface area contributed by atoms with Gasteiger partial charge in [0.1, 0.15) is 0 Å². The Labute approximate surface area is 270 Å². The van der Waals surface area contributed by atoms with Crippen LogP contribution in [0.1, 0.15) is 25.0 Å². The van der Waals surface area contributed by atoms with Crippen molar-refractivity contribution in [1.29, 1.82) is 0 Å². The summed E-state index contributed by atoms with van der Waals surface area (Å²) in [5.41, 5.74) is 3.94. The molecule has 0 bridgehead atoms. The maximum atomic E-state index is 13.5. The van der Waals surface area contributed by atoms with E-state index in [0.717, 1.165) is 13.1 Å². The first-order chi connectivity index (χ1) is 22.0. The molecule has 1 aliphatic heterocycles. The van der Waals surface area contributed by atoms with Gasteiger partial charge in [0.05, 0.1) is 28.1 Å². The first kappa shape index (κ1) is 32.7. The second-order valence-electron chi connectivity index (χ2n) is 10.8. The minimum atomic E-state index is -3.95. The average Bonchev–Trinajstić information content (AvgIpc) is 3.37. The fourth-order valence-corrected chi connectivity index (χ4v) is 7.28. The van der Waals surface area contributed by atoms with E-state index in [-0.39, 0.29) is 16.4 Å². The quantitative estimate of drug-likeness (QED) is 0.161. The van der Waals surface area contributed by atoms with E-state index in [0.29, 0.717) is 52.7 Å². The van der Waals surface area contributed by atoms with Crippen LogP contribution in [0, 0.1) is 0 Å². The fraction of sp³-hybridized carbons (Fsp3) is 0.206. The zero-order valence-corrected chi connectivity index (χ0v) is 27.5. The highest BCUT2D eigenvalue weighted by Gasteiger charge is 2.30. The summed E-state index contributed by atoms with van der Waals surface area (Å²) >= 11 is 0. The van der Waals surface area contributed by atoms with E-state index in [9.17, 15) is 21.6 Å². The molecular formula is C34H37N5O5S2. The maximum Gasteiger partial charge on any atom is 0.261 e. The molecule has 46 heavy (non-hydrogen) atoms. The number of sulfonamides is 2. The molecule has 0 saturated carbocycles. The van der Waals surface area contributed by atoms with Gasteiger partial charge in [-0.15, -0.1) is 0 Å². The van der Waals surface area contributed by atoms with Crippen LogP contribution in [-0.2, 0) is 24.8 Å². The van der Waals surface area contributed by atoms with Crippen LogP contribution in [0.4, 0.5) is 22.7 Å². The topological polar surface area (TPSA) is 128 Å². The third-order valence-electron chi connectivity index (χ3n) is 7.72. The number of amides is 1. The molecule has 4 aromatic rings. The van der Waals surface area contributed by atoms with Crippen molar-refractivity contribution in [2.45, 2.75) is 18.7 Å². The lowest BCUT2D eigenvalue weighted by Crippen LogP contribution is -2.38. The third kappa shape index (κ3) is 7.41. The molecule has 1 heterocycles. The van der Waals surface area contributed by atoms with Crippen molar-refractivity contribution in [3.05, 3.63) is 114 Å². The van der Waals surface area contributed by atoms with Gasteiger partial charge in [0, 0.05) is 35.7 Å². The lowest BCUT2D eigenvalue weighted by atomic mass is 10.00. The number of likely N-dealkylation sites (N-methyl/N-ethyl adjacent to an activating group) is 1. The summed E-state index contributed by atoms with van der Waals surface area (Å²) in [5, 5.41) is 6.21. The highest BCUT2D eigenvalue weighted by Crippen LogP contribution is 2.39. The molecule has 0 fully saturated rings. The Kier molecular flexibility index (Phi) is 9.80. The number of hydrogen-bond donors (Lipinski definition) is 3. The molecular weight excluding hydrogens is 623 g/mol. The van der Waals surface area contributed by atoms with E-state index in [2.05, 4.69) is 20.3 Å². The lowest BCUT2D eigenvalue weighted by molar-refractivity contribution is -0.110. The fourth-order valence-electron chi connectivity index (χ4n) is 5.28. The molecule has 0 spiro atoms. The van der Waals surface area contributed by atoms with Crippen molar-refractivity contribution in [3.8, 4) is 0 Å². The van der Waals surface area contributed by atoms with Crippen LogP contribution < -0.4 is 19.7 Å². The highest BCUT2D eigenvalue weighted by molar-refractivity contribution is 7.92. The smallest absolute Gasteiger partial charge is 0.261 e. The normalized spacial score (nSPS) is 14.0. The zero-order valence-electron chi connectivity index (χ0n) is 25.9. The second-order valence-corrected chi connectivity index (χ2v) is 14.4. The molecule has 0 aliphatic carbocycles. The van der Waals surface area contributed by atoms with Gasteiger partial charge in [-0.3, -0.25) is 13.8 Å². The average molecular weight is 660 g/mol. The summed E-state index contributed by atoms with van der Waals surface area (Å²) in [6, 6.07) is 29.3. The number of carbonyl (C=O) groups excluding carboxylic acids is 1. The molecule has 0 aromatic heterocycles. The van der Waals surface area contributed by atoms with Crippen LogP contribution in [0.15, 0.2) is 108 Å². The van der Waals surface area contributed by atoms with Gasteiger partial charge in [-0.25, -0.2) is 16.8 Å². The minimum absolute atomic E-state index is 0.00597. The van der Waals surface area contributed by atoms with Gasteiger partial charge >= 0.3 is 0 Å². The number of nitrogens with zero attached hydrogens (tertiary/aromatic N) is 2. The Balaban J connectivity index is 1.52. The van der Waals surface area contributed by atoms with Crippen molar-refractivity contribution in [2.24, 2.45) is 0 Å². The molecule has 0 saturated heterocycles. The number of para-hydroxylation sites is 1. The summed E-state index contributed by atoms with van der Waals surface area (Å²) < 4.78 is 55.9. The molecule has 1 aliphatic rings. The zero-order chi connectivity index (χ0) is 32.9. The highest BCUT2D eigenvalue weighted by atomic mass is 32.2. The molecule has 0 radical (unpaired) electrons. The molecule has 5 rings (SSSR count). The molecule has 0 unspecified atom stereocenters. The van der Waals surface area contributed by atoms with Gasteiger partial charge < -0.3 is 15.5 Å². The third-order valence-corrected chi connectivity index (χ3v) is 10.3. The number of benzene rings is 4. The molecule has 10 nitrogen and oxygen atoms in total. The van der Waals surface area contributed by atoms with Crippen molar-refractivity contribution in [3.63, 3.8) is 0 Å². The Morgan fingerprint density at radius 3 is 2.00 bits per heavy atom. The van der Waals surface area contributed by atoms with Crippen molar-refractivity contribution in [2.75, 3.05) is 52.1 Å². The van der Waals surface area contributed by atoms with Gasteiger partial charge in [0.2, 0.25) is 10.0 Å². The second kappa shape index (κ2) is 13.8. The predicted octanol–water partition coefficient (Wildman–Crippen LogP) is 5.53. The van der Waals surface area contributed by atoms with Crippen LogP contribution in [0.25, 0.3) is 11.3 Å². The SMILES string of the molecule is CCN(CC)CCN(c1ccc(N/C(=C2\C(=O)Nc3ccc(S(=O)(=O)Nc4ccccc4)cc32)c2ccccc2)cc1)S(C)(=O)=O. The number of hydrogen-bond acceptors (Lipinski definition) is 7. The van der Waals surface area contributed by atoms with Crippen molar-refractivity contribution < 1.29 is 21.6 Å². The monoisotopic (exact) mass is 659 g/mol. The number of anilines is 4. The largest absolute Gasteiger partial charge is 0.354 e.